The molecule has 8 aromatic carbocycles. The maximum atomic E-state index is 6.57. The van der Waals surface area contributed by atoms with Crippen LogP contribution in [-0.2, 0) is 0 Å². The quantitative estimate of drug-likeness (QED) is 0.183. The van der Waals surface area contributed by atoms with Crippen LogP contribution in [0.25, 0.3) is 88.3 Å². The molecule has 0 aliphatic heterocycles. The van der Waals surface area contributed by atoms with Crippen LogP contribution in [0.5, 0.6) is 0 Å². The number of para-hydroxylation sites is 3. The first-order chi connectivity index (χ1) is 25.7. The lowest BCUT2D eigenvalue weighted by Gasteiger charge is -2.26. The van der Waals surface area contributed by atoms with E-state index < -0.39 is 0 Å². The molecule has 5 heteroatoms. The third-order valence-corrected chi connectivity index (χ3v) is 10.1. The van der Waals surface area contributed by atoms with Crippen molar-refractivity contribution in [2.24, 2.45) is 0 Å². The zero-order valence-corrected chi connectivity index (χ0v) is 27.8. The Bertz CT molecular complexity index is 3120. The molecule has 3 heterocycles. The zero-order chi connectivity index (χ0) is 34.2. The predicted octanol–water partition coefficient (Wildman–Crippen LogP) is 13.6. The molecule has 0 unspecified atom stereocenters. The number of nitrogens with zero attached hydrogens (tertiary/aromatic N) is 2. The highest BCUT2D eigenvalue weighted by Crippen LogP contribution is 2.43. The van der Waals surface area contributed by atoms with Gasteiger partial charge in [0.25, 0.3) is 0 Å². The minimum Gasteiger partial charge on any atom is -0.456 e. The Kier molecular flexibility index (Phi) is 6.18. The summed E-state index contributed by atoms with van der Waals surface area (Å²) < 4.78 is 19.2. The van der Waals surface area contributed by atoms with Gasteiger partial charge in [-0.15, -0.1) is 0 Å². The highest BCUT2D eigenvalue weighted by atomic mass is 16.4. The molecule has 52 heavy (non-hydrogen) atoms. The molecular weight excluding hydrogens is 641 g/mol. The van der Waals surface area contributed by atoms with Crippen molar-refractivity contribution in [3.63, 3.8) is 0 Å². The van der Waals surface area contributed by atoms with Crippen molar-refractivity contribution in [2.75, 3.05) is 4.90 Å². The van der Waals surface area contributed by atoms with Gasteiger partial charge in [0.1, 0.15) is 27.8 Å². The highest BCUT2D eigenvalue weighted by molar-refractivity contribution is 6.13. The van der Waals surface area contributed by atoms with E-state index in [1.807, 2.05) is 66.7 Å². The number of fused-ring (bicyclic) bond motifs is 8. The maximum Gasteiger partial charge on any atom is 0.228 e. The van der Waals surface area contributed by atoms with E-state index >= 15 is 0 Å². The van der Waals surface area contributed by atoms with Crippen molar-refractivity contribution >= 4 is 82.8 Å². The summed E-state index contributed by atoms with van der Waals surface area (Å²) in [4.78, 5) is 7.08. The fourth-order valence-corrected chi connectivity index (χ4v) is 7.60. The van der Waals surface area contributed by atoms with Crippen molar-refractivity contribution in [3.05, 3.63) is 170 Å². The van der Waals surface area contributed by atoms with Gasteiger partial charge in [-0.25, -0.2) is 4.98 Å². The molecule has 3 aromatic heterocycles. The summed E-state index contributed by atoms with van der Waals surface area (Å²) in [5.41, 5.74) is 11.1. The van der Waals surface area contributed by atoms with E-state index in [1.165, 1.54) is 16.5 Å². The van der Waals surface area contributed by atoms with Crippen LogP contribution in [0.1, 0.15) is 0 Å². The van der Waals surface area contributed by atoms with Gasteiger partial charge >= 0.3 is 0 Å². The molecule has 0 atom stereocenters. The largest absolute Gasteiger partial charge is 0.456 e. The number of rotatable bonds is 5. The van der Waals surface area contributed by atoms with Crippen molar-refractivity contribution in [1.82, 2.24) is 4.98 Å². The standard InChI is InChI=1S/C47H28N2O3/c1-2-9-29(10-3-1)30-17-18-32-26-33(20-19-31(32)25-30)49(34-21-23-37-36-11-4-6-14-41(36)50-44(37)27-34)35-22-24-38-45(28-35)51-43-16-8-12-39(46(38)43)47-48-40-13-5-7-15-42(40)52-47/h1-28H. The van der Waals surface area contributed by atoms with Crippen LogP contribution in [0.2, 0.25) is 0 Å². The van der Waals surface area contributed by atoms with E-state index in [2.05, 4.69) is 108 Å². The molecule has 0 aliphatic rings. The smallest absolute Gasteiger partial charge is 0.228 e. The molecule has 244 valence electrons. The third-order valence-electron chi connectivity index (χ3n) is 10.1. The average molecular weight is 669 g/mol. The van der Waals surface area contributed by atoms with E-state index in [9.17, 15) is 0 Å². The number of oxazole rings is 1. The van der Waals surface area contributed by atoms with E-state index in [0.717, 1.165) is 83.0 Å². The van der Waals surface area contributed by atoms with Crippen LogP contribution in [0.3, 0.4) is 0 Å². The first-order valence-electron chi connectivity index (χ1n) is 17.4. The van der Waals surface area contributed by atoms with Gasteiger partial charge in [0.05, 0.1) is 0 Å². The first kappa shape index (κ1) is 28.7. The number of hydrogen-bond acceptors (Lipinski definition) is 5. The number of aromatic nitrogens is 1. The summed E-state index contributed by atoms with van der Waals surface area (Å²) in [6.07, 6.45) is 0. The summed E-state index contributed by atoms with van der Waals surface area (Å²) in [5, 5.41) is 6.50. The average Bonchev–Trinajstić information content (AvgIpc) is 3.91. The molecule has 0 fully saturated rings. The minimum absolute atomic E-state index is 0.575. The fourth-order valence-electron chi connectivity index (χ4n) is 7.60. The summed E-state index contributed by atoms with van der Waals surface area (Å²) in [6.45, 7) is 0. The van der Waals surface area contributed by atoms with E-state index in [1.54, 1.807) is 0 Å². The van der Waals surface area contributed by atoms with Gasteiger partial charge in [0.2, 0.25) is 5.89 Å². The summed E-state index contributed by atoms with van der Waals surface area (Å²) in [5.74, 6) is 0.575. The SMILES string of the molecule is c1ccc(-c2ccc3cc(N(c4ccc5c(c4)oc4ccccc45)c4ccc5c(c4)oc4cccc(-c6nc7ccccc7o6)c45)ccc3c2)cc1. The van der Waals surface area contributed by atoms with Crippen LogP contribution in [-0.4, -0.2) is 4.98 Å². The molecule has 0 N–H and O–H groups in total. The molecule has 0 saturated carbocycles. The molecule has 0 radical (unpaired) electrons. The van der Waals surface area contributed by atoms with Gasteiger partial charge in [-0.1, -0.05) is 84.9 Å². The molecule has 5 nitrogen and oxygen atoms in total. The normalized spacial score (nSPS) is 11.8. The van der Waals surface area contributed by atoms with Crippen LogP contribution >= 0.6 is 0 Å². The second kappa shape index (κ2) is 11.2. The molecule has 0 aliphatic carbocycles. The van der Waals surface area contributed by atoms with Gasteiger partial charge in [-0.2, -0.15) is 0 Å². The third kappa shape index (κ3) is 4.53. The van der Waals surface area contributed by atoms with Crippen molar-refractivity contribution < 1.29 is 13.3 Å². The Hall–Kier alpha value is -7.11. The van der Waals surface area contributed by atoms with Gasteiger partial charge in [0, 0.05) is 56.3 Å². The van der Waals surface area contributed by atoms with Crippen molar-refractivity contribution in [3.8, 4) is 22.6 Å². The van der Waals surface area contributed by atoms with Crippen LogP contribution in [0, 0.1) is 0 Å². The lowest BCUT2D eigenvalue weighted by molar-refractivity contribution is 0.620. The van der Waals surface area contributed by atoms with Crippen molar-refractivity contribution in [1.29, 1.82) is 0 Å². The lowest BCUT2D eigenvalue weighted by Crippen LogP contribution is -2.09. The van der Waals surface area contributed by atoms with E-state index in [4.69, 9.17) is 18.2 Å². The van der Waals surface area contributed by atoms with Gasteiger partial charge in [-0.3, -0.25) is 0 Å². The first-order valence-corrected chi connectivity index (χ1v) is 17.4. The molecule has 0 bridgehead atoms. The maximum absolute atomic E-state index is 6.57. The molecule has 11 aromatic rings. The van der Waals surface area contributed by atoms with Crippen LogP contribution < -0.4 is 4.90 Å². The second-order valence-electron chi connectivity index (χ2n) is 13.2. The Morgan fingerprint density at radius 2 is 1.02 bits per heavy atom. The Labute approximate surface area is 297 Å². The summed E-state index contributed by atoms with van der Waals surface area (Å²) >= 11 is 0. The van der Waals surface area contributed by atoms with Gasteiger partial charge < -0.3 is 18.2 Å². The Balaban J connectivity index is 1.08. The number of hydrogen-bond donors (Lipinski definition) is 0. The van der Waals surface area contributed by atoms with Gasteiger partial charge in [0.15, 0.2) is 5.58 Å². The zero-order valence-electron chi connectivity index (χ0n) is 27.8. The topological polar surface area (TPSA) is 55.6 Å². The number of anilines is 3. The number of furan rings is 2. The van der Waals surface area contributed by atoms with Gasteiger partial charge in [-0.05, 0) is 94.7 Å². The molecular formula is C47H28N2O3. The molecule has 0 saturated heterocycles. The van der Waals surface area contributed by atoms with E-state index in [-0.39, 0.29) is 0 Å². The minimum atomic E-state index is 0.575. The lowest BCUT2D eigenvalue weighted by atomic mass is 10.0. The fraction of sp³-hybridized carbons (Fsp3) is 0. The molecule has 0 spiro atoms. The molecule has 0 amide bonds. The monoisotopic (exact) mass is 668 g/mol. The Morgan fingerprint density at radius 1 is 0.385 bits per heavy atom. The van der Waals surface area contributed by atoms with Crippen molar-refractivity contribution in [2.45, 2.75) is 0 Å². The van der Waals surface area contributed by atoms with Crippen LogP contribution in [0.4, 0.5) is 17.1 Å². The number of benzene rings is 8. The summed E-state index contributed by atoms with van der Waals surface area (Å²) in [6, 6.07) is 58.7. The molecule has 11 rings (SSSR count). The highest BCUT2D eigenvalue weighted by Gasteiger charge is 2.20. The second-order valence-corrected chi connectivity index (χ2v) is 13.2. The van der Waals surface area contributed by atoms with Crippen LogP contribution in [0.15, 0.2) is 183 Å². The Morgan fingerprint density at radius 3 is 1.88 bits per heavy atom. The van der Waals surface area contributed by atoms with E-state index in [0.29, 0.717) is 5.89 Å². The summed E-state index contributed by atoms with van der Waals surface area (Å²) in [7, 11) is 0. The predicted molar refractivity (Wildman–Crippen MR) is 212 cm³/mol.